The van der Waals surface area contributed by atoms with Gasteiger partial charge >= 0.3 is 11.9 Å². The van der Waals surface area contributed by atoms with Gasteiger partial charge in [0.25, 0.3) is 0 Å². The standard InChI is InChI=1S/C20H23NO5/c1-24-17-10-8-15(9-11-17)12-21(14-19(22)25-2)13-16-6-4-5-7-18(16)20(23)26-3/h4-11H,12-14H2,1-3H3. The van der Waals surface area contributed by atoms with Gasteiger partial charge in [0.05, 0.1) is 33.4 Å². The van der Waals surface area contributed by atoms with Gasteiger partial charge in [-0.25, -0.2) is 4.79 Å². The minimum Gasteiger partial charge on any atom is -0.497 e. The molecule has 0 fully saturated rings. The Morgan fingerprint density at radius 1 is 0.885 bits per heavy atom. The Hall–Kier alpha value is -2.86. The maximum atomic E-state index is 12.0. The van der Waals surface area contributed by atoms with Gasteiger partial charge in [0, 0.05) is 13.1 Å². The fraction of sp³-hybridized carbons (Fsp3) is 0.300. The molecular weight excluding hydrogens is 334 g/mol. The molecule has 2 rings (SSSR count). The molecule has 2 aromatic carbocycles. The van der Waals surface area contributed by atoms with Gasteiger partial charge in [-0.3, -0.25) is 9.69 Å². The third-order valence-corrected chi connectivity index (χ3v) is 3.96. The van der Waals surface area contributed by atoms with E-state index in [1.807, 2.05) is 41.3 Å². The predicted octanol–water partition coefficient (Wildman–Crippen LogP) is 2.66. The monoisotopic (exact) mass is 357 g/mol. The molecule has 0 spiro atoms. The second-order valence-corrected chi connectivity index (χ2v) is 5.72. The number of hydrogen-bond donors (Lipinski definition) is 0. The highest BCUT2D eigenvalue weighted by atomic mass is 16.5. The number of ether oxygens (including phenoxy) is 3. The number of esters is 2. The minimum absolute atomic E-state index is 0.109. The van der Waals surface area contributed by atoms with Crippen LogP contribution in [-0.2, 0) is 27.4 Å². The fourth-order valence-electron chi connectivity index (χ4n) is 2.61. The van der Waals surface area contributed by atoms with Crippen molar-refractivity contribution in [2.45, 2.75) is 13.1 Å². The zero-order valence-electron chi connectivity index (χ0n) is 15.2. The summed E-state index contributed by atoms with van der Waals surface area (Å²) in [6, 6.07) is 14.8. The summed E-state index contributed by atoms with van der Waals surface area (Å²) in [4.78, 5) is 25.7. The highest BCUT2D eigenvalue weighted by Gasteiger charge is 2.17. The van der Waals surface area contributed by atoms with E-state index < -0.39 is 5.97 Å². The zero-order valence-corrected chi connectivity index (χ0v) is 15.2. The SMILES string of the molecule is COC(=O)CN(Cc1ccc(OC)cc1)Cc1ccccc1C(=O)OC. The third-order valence-electron chi connectivity index (χ3n) is 3.96. The number of methoxy groups -OCH3 is 3. The quantitative estimate of drug-likeness (QED) is 0.677. The largest absolute Gasteiger partial charge is 0.497 e. The lowest BCUT2D eigenvalue weighted by atomic mass is 10.1. The molecule has 0 saturated carbocycles. The maximum absolute atomic E-state index is 12.0. The number of rotatable bonds is 8. The number of benzene rings is 2. The fourth-order valence-corrected chi connectivity index (χ4v) is 2.61. The van der Waals surface area contributed by atoms with Gasteiger partial charge in [0.15, 0.2) is 0 Å². The van der Waals surface area contributed by atoms with E-state index >= 15 is 0 Å². The molecule has 6 heteroatoms. The zero-order chi connectivity index (χ0) is 18.9. The van der Waals surface area contributed by atoms with E-state index in [4.69, 9.17) is 14.2 Å². The Balaban J connectivity index is 2.22. The van der Waals surface area contributed by atoms with Gasteiger partial charge in [-0.2, -0.15) is 0 Å². The molecule has 0 N–H and O–H groups in total. The average molecular weight is 357 g/mol. The molecule has 138 valence electrons. The smallest absolute Gasteiger partial charge is 0.338 e. The lowest BCUT2D eigenvalue weighted by molar-refractivity contribution is -0.142. The van der Waals surface area contributed by atoms with Gasteiger partial charge in [-0.15, -0.1) is 0 Å². The third kappa shape index (κ3) is 5.32. The van der Waals surface area contributed by atoms with E-state index in [0.29, 0.717) is 18.7 Å². The number of carbonyl (C=O) groups is 2. The first-order chi connectivity index (χ1) is 12.6. The summed E-state index contributed by atoms with van der Waals surface area (Å²) in [5, 5.41) is 0. The summed E-state index contributed by atoms with van der Waals surface area (Å²) < 4.78 is 14.8. The summed E-state index contributed by atoms with van der Waals surface area (Å²) in [6.45, 7) is 1.04. The van der Waals surface area contributed by atoms with E-state index in [-0.39, 0.29) is 12.5 Å². The van der Waals surface area contributed by atoms with Gasteiger partial charge in [-0.05, 0) is 29.3 Å². The maximum Gasteiger partial charge on any atom is 0.338 e. The first-order valence-electron chi connectivity index (χ1n) is 8.15. The molecule has 0 aliphatic carbocycles. The molecule has 0 unspecified atom stereocenters. The van der Waals surface area contributed by atoms with Gasteiger partial charge in [0.1, 0.15) is 5.75 Å². The molecule has 0 aromatic heterocycles. The van der Waals surface area contributed by atoms with E-state index in [9.17, 15) is 9.59 Å². The van der Waals surface area contributed by atoms with E-state index in [1.165, 1.54) is 14.2 Å². The lowest BCUT2D eigenvalue weighted by Crippen LogP contribution is -2.30. The van der Waals surface area contributed by atoms with Crippen LogP contribution in [0.15, 0.2) is 48.5 Å². The van der Waals surface area contributed by atoms with Crippen molar-refractivity contribution in [3.8, 4) is 5.75 Å². The molecule has 0 amide bonds. The van der Waals surface area contributed by atoms with Gasteiger partial charge in [0.2, 0.25) is 0 Å². The Morgan fingerprint density at radius 2 is 1.58 bits per heavy atom. The average Bonchev–Trinajstić information content (AvgIpc) is 2.68. The van der Waals surface area contributed by atoms with Crippen LogP contribution < -0.4 is 4.74 Å². The van der Waals surface area contributed by atoms with Crippen LogP contribution in [0.25, 0.3) is 0 Å². The number of hydrogen-bond acceptors (Lipinski definition) is 6. The van der Waals surface area contributed by atoms with Crippen molar-refractivity contribution in [1.82, 2.24) is 4.90 Å². The Bertz CT molecular complexity index is 742. The number of nitrogens with zero attached hydrogens (tertiary/aromatic N) is 1. The molecule has 26 heavy (non-hydrogen) atoms. The second-order valence-electron chi connectivity index (χ2n) is 5.72. The normalized spacial score (nSPS) is 10.5. The minimum atomic E-state index is -0.400. The summed E-state index contributed by atoms with van der Waals surface area (Å²) in [6.07, 6.45) is 0. The van der Waals surface area contributed by atoms with Crippen LogP contribution in [0.1, 0.15) is 21.5 Å². The van der Waals surface area contributed by atoms with Crippen molar-refractivity contribution in [3.05, 3.63) is 65.2 Å². The summed E-state index contributed by atoms with van der Waals surface area (Å²) in [5.41, 5.74) is 2.29. The van der Waals surface area contributed by atoms with Crippen molar-refractivity contribution in [3.63, 3.8) is 0 Å². The first-order valence-corrected chi connectivity index (χ1v) is 8.15. The van der Waals surface area contributed by atoms with Crippen LogP contribution in [0.5, 0.6) is 5.75 Å². The van der Waals surface area contributed by atoms with E-state index in [0.717, 1.165) is 16.9 Å². The summed E-state index contributed by atoms with van der Waals surface area (Å²) in [7, 11) is 4.32. The molecule has 0 bridgehead atoms. The molecule has 2 aromatic rings. The molecule has 0 saturated heterocycles. The van der Waals surface area contributed by atoms with Crippen molar-refractivity contribution >= 4 is 11.9 Å². The van der Waals surface area contributed by atoms with Crippen LogP contribution in [0, 0.1) is 0 Å². The second kappa shape index (κ2) is 9.58. The van der Waals surface area contributed by atoms with Crippen LogP contribution in [0.4, 0.5) is 0 Å². The van der Waals surface area contributed by atoms with Crippen LogP contribution in [0.3, 0.4) is 0 Å². The molecule has 0 atom stereocenters. The Kier molecular flexibility index (Phi) is 7.17. The van der Waals surface area contributed by atoms with Crippen molar-refractivity contribution in [1.29, 1.82) is 0 Å². The Morgan fingerprint density at radius 3 is 2.19 bits per heavy atom. The van der Waals surface area contributed by atoms with Gasteiger partial charge in [-0.1, -0.05) is 30.3 Å². The van der Waals surface area contributed by atoms with Crippen molar-refractivity contribution in [2.75, 3.05) is 27.9 Å². The molecule has 0 radical (unpaired) electrons. The van der Waals surface area contributed by atoms with Crippen molar-refractivity contribution < 1.29 is 23.8 Å². The van der Waals surface area contributed by atoms with E-state index in [2.05, 4.69) is 0 Å². The van der Waals surface area contributed by atoms with Gasteiger partial charge < -0.3 is 14.2 Å². The molecule has 0 aliphatic heterocycles. The topological polar surface area (TPSA) is 65.1 Å². The summed E-state index contributed by atoms with van der Waals surface area (Å²) in [5.74, 6) is 0.0291. The van der Waals surface area contributed by atoms with Crippen LogP contribution in [0.2, 0.25) is 0 Å². The van der Waals surface area contributed by atoms with Crippen molar-refractivity contribution in [2.24, 2.45) is 0 Å². The molecule has 0 heterocycles. The molecule has 6 nitrogen and oxygen atoms in total. The number of carbonyl (C=O) groups excluding carboxylic acids is 2. The Labute approximate surface area is 153 Å². The summed E-state index contributed by atoms with van der Waals surface area (Å²) >= 11 is 0. The van der Waals surface area contributed by atoms with E-state index in [1.54, 1.807) is 19.2 Å². The first kappa shape index (κ1) is 19.5. The highest BCUT2D eigenvalue weighted by molar-refractivity contribution is 5.91. The molecule has 0 aliphatic rings. The predicted molar refractivity (Wildman–Crippen MR) is 96.9 cm³/mol. The highest BCUT2D eigenvalue weighted by Crippen LogP contribution is 2.17. The van der Waals surface area contributed by atoms with Crippen LogP contribution >= 0.6 is 0 Å². The van der Waals surface area contributed by atoms with Crippen LogP contribution in [-0.4, -0.2) is 44.7 Å². The molecular formula is C20H23NO5. The lowest BCUT2D eigenvalue weighted by Gasteiger charge is -2.22.